The third-order valence-electron chi connectivity index (χ3n) is 3.59. The molecule has 150 valence electrons. The molecule has 2 amide bonds. The second-order valence-electron chi connectivity index (χ2n) is 5.82. The summed E-state index contributed by atoms with van der Waals surface area (Å²) in [5.74, 6) is -0.611. The largest absolute Gasteiger partial charge is 0.467 e. The Balaban J connectivity index is 1.59. The number of thioether (sulfide) groups is 1. The van der Waals surface area contributed by atoms with Crippen LogP contribution in [0.4, 0.5) is 4.39 Å². The minimum absolute atomic E-state index is 0.114. The lowest BCUT2D eigenvalue weighted by molar-refractivity contribution is -0.151. The van der Waals surface area contributed by atoms with Crippen molar-refractivity contribution in [3.05, 3.63) is 54.2 Å². The van der Waals surface area contributed by atoms with Crippen LogP contribution >= 0.6 is 11.8 Å². The van der Waals surface area contributed by atoms with Crippen LogP contribution in [0.25, 0.3) is 0 Å². The Labute approximate surface area is 166 Å². The van der Waals surface area contributed by atoms with E-state index in [1.165, 1.54) is 42.1 Å². The van der Waals surface area contributed by atoms with Crippen molar-refractivity contribution >= 4 is 29.5 Å². The maximum atomic E-state index is 12.8. The Bertz CT molecular complexity index is 780. The van der Waals surface area contributed by atoms with Crippen LogP contribution in [0.1, 0.15) is 12.2 Å². The third kappa shape index (κ3) is 7.83. The zero-order valence-corrected chi connectivity index (χ0v) is 16.2. The number of furan rings is 1. The first kappa shape index (κ1) is 21.5. The maximum Gasteiger partial charge on any atom is 0.307 e. The Morgan fingerprint density at radius 2 is 1.96 bits per heavy atom. The van der Waals surface area contributed by atoms with Crippen molar-refractivity contribution in [1.29, 1.82) is 0 Å². The van der Waals surface area contributed by atoms with Gasteiger partial charge in [-0.3, -0.25) is 14.4 Å². The van der Waals surface area contributed by atoms with Gasteiger partial charge in [0, 0.05) is 17.7 Å². The number of hydrogen-bond acceptors (Lipinski definition) is 6. The molecule has 0 aliphatic heterocycles. The fourth-order valence-corrected chi connectivity index (χ4v) is 2.90. The van der Waals surface area contributed by atoms with E-state index in [0.717, 1.165) is 4.90 Å². The molecule has 1 aromatic heterocycles. The molecule has 0 aliphatic rings. The molecule has 2 aromatic rings. The van der Waals surface area contributed by atoms with Gasteiger partial charge in [-0.2, -0.15) is 0 Å². The van der Waals surface area contributed by atoms with Crippen LogP contribution in [-0.4, -0.2) is 48.6 Å². The number of ether oxygens (including phenoxy) is 1. The standard InChI is InChI=1S/C19H21FN2O5S/c1-22(12-17(23)21-11-15-3-2-9-26-15)18(24)13-27-19(25)8-10-28-16-6-4-14(20)5-7-16/h2-7,9H,8,10-13H2,1H3,(H,21,23). The minimum atomic E-state index is -0.515. The number of benzene rings is 1. The van der Waals surface area contributed by atoms with Crippen LogP contribution in [-0.2, 0) is 25.7 Å². The van der Waals surface area contributed by atoms with Gasteiger partial charge in [0.25, 0.3) is 5.91 Å². The van der Waals surface area contributed by atoms with Gasteiger partial charge in [0.1, 0.15) is 11.6 Å². The molecule has 7 nitrogen and oxygen atoms in total. The van der Waals surface area contributed by atoms with E-state index in [1.807, 2.05) is 0 Å². The third-order valence-corrected chi connectivity index (χ3v) is 4.61. The van der Waals surface area contributed by atoms with E-state index in [0.29, 0.717) is 11.5 Å². The second-order valence-corrected chi connectivity index (χ2v) is 6.99. The predicted molar refractivity (Wildman–Crippen MR) is 101 cm³/mol. The summed E-state index contributed by atoms with van der Waals surface area (Å²) in [4.78, 5) is 37.5. The van der Waals surface area contributed by atoms with Crippen LogP contribution in [0.3, 0.4) is 0 Å². The molecule has 28 heavy (non-hydrogen) atoms. The number of hydrogen-bond donors (Lipinski definition) is 1. The van der Waals surface area contributed by atoms with Crippen molar-refractivity contribution in [2.45, 2.75) is 17.9 Å². The Morgan fingerprint density at radius 3 is 2.64 bits per heavy atom. The molecule has 0 saturated heterocycles. The van der Waals surface area contributed by atoms with Crippen molar-refractivity contribution in [3.63, 3.8) is 0 Å². The summed E-state index contributed by atoms with van der Waals surface area (Å²) in [6.45, 7) is -0.353. The summed E-state index contributed by atoms with van der Waals surface area (Å²) in [7, 11) is 1.45. The Kier molecular flexibility index (Phi) is 8.54. The van der Waals surface area contributed by atoms with Crippen molar-refractivity contribution in [2.24, 2.45) is 0 Å². The molecule has 0 spiro atoms. The molecule has 0 saturated carbocycles. The second kappa shape index (κ2) is 11.1. The monoisotopic (exact) mass is 408 g/mol. The summed E-state index contributed by atoms with van der Waals surface area (Å²) in [6.07, 6.45) is 1.62. The number of nitrogens with one attached hydrogen (secondary N) is 1. The van der Waals surface area contributed by atoms with Gasteiger partial charge in [-0.15, -0.1) is 11.8 Å². The van der Waals surface area contributed by atoms with Gasteiger partial charge in [-0.05, 0) is 36.4 Å². The van der Waals surface area contributed by atoms with Crippen molar-refractivity contribution in [3.8, 4) is 0 Å². The molecule has 9 heteroatoms. The highest BCUT2D eigenvalue weighted by molar-refractivity contribution is 7.99. The number of likely N-dealkylation sites (N-methyl/N-ethyl adjacent to an activating group) is 1. The number of amides is 2. The van der Waals surface area contributed by atoms with Gasteiger partial charge in [0.05, 0.1) is 25.8 Å². The highest BCUT2D eigenvalue weighted by atomic mass is 32.2. The van der Waals surface area contributed by atoms with E-state index in [2.05, 4.69) is 5.32 Å². The van der Waals surface area contributed by atoms with Crippen LogP contribution < -0.4 is 5.32 Å². The van der Waals surface area contributed by atoms with E-state index in [4.69, 9.17) is 9.15 Å². The topological polar surface area (TPSA) is 88.8 Å². The van der Waals surface area contributed by atoms with Gasteiger partial charge >= 0.3 is 5.97 Å². The summed E-state index contributed by atoms with van der Waals surface area (Å²) < 4.78 is 22.8. The first-order chi connectivity index (χ1) is 13.4. The number of carbonyl (C=O) groups excluding carboxylic acids is 3. The van der Waals surface area contributed by atoms with Crippen molar-refractivity contribution in [1.82, 2.24) is 10.2 Å². The minimum Gasteiger partial charge on any atom is -0.467 e. The van der Waals surface area contributed by atoms with E-state index in [-0.39, 0.29) is 31.2 Å². The number of rotatable bonds is 10. The summed E-state index contributed by atoms with van der Waals surface area (Å²) in [6, 6.07) is 9.38. The van der Waals surface area contributed by atoms with Crippen LogP contribution in [0, 0.1) is 5.82 Å². The lowest BCUT2D eigenvalue weighted by Gasteiger charge is -2.16. The molecule has 1 aromatic carbocycles. The highest BCUT2D eigenvalue weighted by Crippen LogP contribution is 2.18. The molecule has 1 heterocycles. The summed E-state index contributed by atoms with van der Waals surface area (Å²) in [5, 5.41) is 2.62. The molecule has 0 unspecified atom stereocenters. The zero-order valence-electron chi connectivity index (χ0n) is 15.4. The zero-order chi connectivity index (χ0) is 20.4. The first-order valence-corrected chi connectivity index (χ1v) is 9.49. The van der Waals surface area contributed by atoms with Gasteiger partial charge in [-0.25, -0.2) is 4.39 Å². The average Bonchev–Trinajstić information content (AvgIpc) is 3.19. The molecule has 0 bridgehead atoms. The fraction of sp³-hybridized carbons (Fsp3) is 0.316. The number of carbonyl (C=O) groups is 3. The molecule has 1 N–H and O–H groups in total. The van der Waals surface area contributed by atoms with Gasteiger partial charge in [-0.1, -0.05) is 0 Å². The van der Waals surface area contributed by atoms with Crippen LogP contribution in [0.5, 0.6) is 0 Å². The molecule has 2 rings (SSSR count). The van der Waals surface area contributed by atoms with E-state index < -0.39 is 18.5 Å². The van der Waals surface area contributed by atoms with Crippen molar-refractivity contribution < 1.29 is 27.9 Å². The normalized spacial score (nSPS) is 10.4. The van der Waals surface area contributed by atoms with Gasteiger partial charge in [0.2, 0.25) is 5.91 Å². The van der Waals surface area contributed by atoms with Crippen LogP contribution in [0.15, 0.2) is 52.0 Å². The SMILES string of the molecule is CN(CC(=O)NCc1ccco1)C(=O)COC(=O)CCSc1ccc(F)cc1. The molecule has 0 atom stereocenters. The van der Waals surface area contributed by atoms with Gasteiger partial charge < -0.3 is 19.4 Å². The predicted octanol–water partition coefficient (Wildman–Crippen LogP) is 2.22. The molecular formula is C19H21FN2O5S. The molecule has 0 radical (unpaired) electrons. The van der Waals surface area contributed by atoms with E-state index >= 15 is 0 Å². The molecular weight excluding hydrogens is 387 g/mol. The fourth-order valence-electron chi connectivity index (χ4n) is 2.07. The maximum absolute atomic E-state index is 12.8. The summed E-state index contributed by atoms with van der Waals surface area (Å²) in [5.41, 5.74) is 0. The molecule has 0 aliphatic carbocycles. The first-order valence-electron chi connectivity index (χ1n) is 8.51. The van der Waals surface area contributed by atoms with Crippen molar-refractivity contribution in [2.75, 3.05) is 26.0 Å². The summed E-state index contributed by atoms with van der Waals surface area (Å²) >= 11 is 1.39. The smallest absolute Gasteiger partial charge is 0.307 e. The highest BCUT2D eigenvalue weighted by Gasteiger charge is 2.15. The average molecular weight is 408 g/mol. The number of nitrogens with zero attached hydrogens (tertiary/aromatic N) is 1. The Morgan fingerprint density at radius 1 is 1.21 bits per heavy atom. The van der Waals surface area contributed by atoms with E-state index in [9.17, 15) is 18.8 Å². The van der Waals surface area contributed by atoms with Gasteiger partial charge in [0.15, 0.2) is 6.61 Å². The lowest BCUT2D eigenvalue weighted by atomic mass is 10.4. The van der Waals surface area contributed by atoms with E-state index in [1.54, 1.807) is 24.3 Å². The quantitative estimate of drug-likeness (QED) is 0.479. The number of halogens is 1. The molecule has 0 fully saturated rings. The Hall–Kier alpha value is -2.81. The number of esters is 1. The lowest BCUT2D eigenvalue weighted by Crippen LogP contribution is -2.39. The van der Waals surface area contributed by atoms with Crippen LogP contribution in [0.2, 0.25) is 0 Å².